The fourth-order valence-corrected chi connectivity index (χ4v) is 0.754. The van der Waals surface area contributed by atoms with E-state index in [1.807, 2.05) is 24.3 Å². The molecule has 1 aromatic carbocycles. The van der Waals surface area contributed by atoms with Crippen molar-refractivity contribution in [1.29, 1.82) is 0 Å². The van der Waals surface area contributed by atoms with Crippen LogP contribution < -0.4 is 4.74 Å². The average Bonchev–Trinajstić information content (AvgIpc) is 2.94. The number of carboxylic acids is 2. The van der Waals surface area contributed by atoms with Crippen molar-refractivity contribution in [3.63, 3.8) is 0 Å². The zero-order valence-corrected chi connectivity index (χ0v) is 7.58. The zero-order valence-electron chi connectivity index (χ0n) is 7.58. The normalized spacial score (nSPS) is 10.7. The van der Waals surface area contributed by atoms with Gasteiger partial charge in [-0.25, -0.2) is 9.59 Å². The Morgan fingerprint density at radius 3 is 1.67 bits per heavy atom. The van der Waals surface area contributed by atoms with Gasteiger partial charge >= 0.3 is 11.9 Å². The number of para-hydroxylation sites is 2. The third-order valence-corrected chi connectivity index (χ3v) is 1.40. The fourth-order valence-electron chi connectivity index (χ4n) is 0.754. The molecule has 15 heavy (non-hydrogen) atoms. The maximum atomic E-state index is 9.55. The topological polar surface area (TPSA) is 87.1 Å². The maximum Gasteiger partial charge on any atom is 0.328 e. The number of carboxylic acid groups (broad SMARTS) is 2. The van der Waals surface area contributed by atoms with Crippen molar-refractivity contribution in [3.8, 4) is 11.5 Å². The van der Waals surface area contributed by atoms with E-state index in [4.69, 9.17) is 14.9 Å². The van der Waals surface area contributed by atoms with Crippen LogP contribution in [0.25, 0.3) is 0 Å². The number of carbonyl (C=O) groups is 2. The summed E-state index contributed by atoms with van der Waals surface area (Å²) in [6.07, 6.45) is 1.12. The average molecular weight is 208 g/mol. The summed E-state index contributed by atoms with van der Waals surface area (Å²) in [5.41, 5.74) is 0. The number of hydrogen-bond acceptors (Lipinski definition) is 3. The molecule has 1 heterocycles. The van der Waals surface area contributed by atoms with Crippen LogP contribution in [0, 0.1) is 0 Å². The Balaban J connectivity index is 0.000000150. The van der Waals surface area contributed by atoms with E-state index in [1.54, 1.807) is 0 Å². The first kappa shape index (κ1) is 10.8. The van der Waals surface area contributed by atoms with Crippen LogP contribution >= 0.6 is 0 Å². The molecule has 0 aromatic heterocycles. The van der Waals surface area contributed by atoms with Crippen LogP contribution in [-0.4, -0.2) is 22.2 Å². The maximum absolute atomic E-state index is 9.55. The van der Waals surface area contributed by atoms with Gasteiger partial charge in [-0.3, -0.25) is 0 Å². The summed E-state index contributed by atoms with van der Waals surface area (Å²) < 4.78 is 4.94. The summed E-state index contributed by atoms with van der Waals surface area (Å²) in [5.74, 6) is -0.454. The number of rotatable bonds is 2. The quantitative estimate of drug-likeness (QED) is 0.576. The number of aliphatic carboxylic acids is 2. The van der Waals surface area contributed by atoms with Gasteiger partial charge in [-0.15, -0.1) is 0 Å². The fraction of sp³-hybridized carbons (Fsp3) is 0. The number of hydrogen-bond donors (Lipinski definition) is 2. The van der Waals surface area contributed by atoms with Gasteiger partial charge in [-0.2, -0.15) is 0 Å². The van der Waals surface area contributed by atoms with E-state index < -0.39 is 11.9 Å². The molecule has 5 nitrogen and oxygen atoms in total. The Morgan fingerprint density at radius 2 is 1.40 bits per heavy atom. The molecule has 1 aliphatic rings. The number of benzene rings is 1. The molecule has 0 bridgehead atoms. The van der Waals surface area contributed by atoms with Crippen LogP contribution in [0.3, 0.4) is 0 Å². The van der Waals surface area contributed by atoms with Crippen molar-refractivity contribution >= 4 is 11.9 Å². The lowest BCUT2D eigenvalue weighted by atomic mass is 10.4. The van der Waals surface area contributed by atoms with Gasteiger partial charge in [0, 0.05) is 12.2 Å². The summed E-state index contributed by atoms with van der Waals surface area (Å²) in [6, 6.07) is 7.84. The molecule has 0 saturated carbocycles. The molecule has 0 unspecified atom stereocenters. The molecule has 0 aliphatic carbocycles. The van der Waals surface area contributed by atoms with E-state index in [9.17, 15) is 9.59 Å². The lowest BCUT2D eigenvalue weighted by molar-refractivity contribution is -0.134. The Hall–Kier alpha value is -2.30. The molecule has 0 radical (unpaired) electrons. The first-order chi connectivity index (χ1) is 7.09. The molecule has 0 atom stereocenters. The van der Waals surface area contributed by atoms with Crippen molar-refractivity contribution < 1.29 is 24.5 Å². The molecule has 5 heteroatoms. The van der Waals surface area contributed by atoms with E-state index in [-0.39, 0.29) is 0 Å². The minimum Gasteiger partial charge on any atom is -0.478 e. The molecular weight excluding hydrogens is 200 g/mol. The second-order valence-corrected chi connectivity index (χ2v) is 2.56. The van der Waals surface area contributed by atoms with Gasteiger partial charge in [0.05, 0.1) is 0 Å². The van der Waals surface area contributed by atoms with Gasteiger partial charge in [0.25, 0.3) is 0 Å². The van der Waals surface area contributed by atoms with Crippen molar-refractivity contribution in [2.24, 2.45) is 0 Å². The highest BCUT2D eigenvalue weighted by Gasteiger charge is 2.15. The highest BCUT2D eigenvalue weighted by atomic mass is 16.6. The zero-order chi connectivity index (χ0) is 11.3. The lowest BCUT2D eigenvalue weighted by Gasteiger charge is -1.74. The molecule has 0 amide bonds. The first-order valence-corrected chi connectivity index (χ1v) is 4.00. The minimum absolute atomic E-state index is 0.558. The van der Waals surface area contributed by atoms with E-state index in [0.717, 1.165) is 11.5 Å². The molecular formula is C10H8O5. The van der Waals surface area contributed by atoms with E-state index >= 15 is 0 Å². The van der Waals surface area contributed by atoms with Crippen LogP contribution in [0.4, 0.5) is 0 Å². The lowest BCUT2D eigenvalue weighted by Crippen LogP contribution is -1.91. The SMILES string of the molecule is O=C(O)/C=C\C(=O)O.c1ccc2c(c1)O2. The number of fused-ring (bicyclic) bond motifs is 1. The second kappa shape index (κ2) is 4.80. The van der Waals surface area contributed by atoms with Crippen LogP contribution in [0.5, 0.6) is 11.5 Å². The molecule has 1 aliphatic heterocycles. The van der Waals surface area contributed by atoms with Gasteiger partial charge in [0.2, 0.25) is 0 Å². The third-order valence-electron chi connectivity index (χ3n) is 1.40. The van der Waals surface area contributed by atoms with Gasteiger partial charge in [-0.05, 0) is 12.1 Å². The monoisotopic (exact) mass is 208 g/mol. The summed E-state index contributed by atoms with van der Waals surface area (Å²) in [5, 5.41) is 15.6. The van der Waals surface area contributed by atoms with Crippen molar-refractivity contribution in [3.05, 3.63) is 36.4 Å². The van der Waals surface area contributed by atoms with Gasteiger partial charge in [0.1, 0.15) is 0 Å². The largest absolute Gasteiger partial charge is 0.478 e. The van der Waals surface area contributed by atoms with E-state index in [2.05, 4.69) is 0 Å². The van der Waals surface area contributed by atoms with E-state index in [1.165, 1.54) is 0 Å². The molecule has 0 fully saturated rings. The Morgan fingerprint density at radius 1 is 1.00 bits per heavy atom. The summed E-state index contributed by atoms with van der Waals surface area (Å²) in [7, 11) is 0. The van der Waals surface area contributed by atoms with Gasteiger partial charge in [-0.1, -0.05) is 12.1 Å². The van der Waals surface area contributed by atoms with Crippen molar-refractivity contribution in [2.75, 3.05) is 0 Å². The van der Waals surface area contributed by atoms with E-state index in [0.29, 0.717) is 12.2 Å². The van der Waals surface area contributed by atoms with Crippen LogP contribution in [0.1, 0.15) is 0 Å². The van der Waals surface area contributed by atoms with Crippen LogP contribution in [0.15, 0.2) is 36.4 Å². The predicted octanol–water partition coefficient (Wildman–Crippen LogP) is 1.50. The van der Waals surface area contributed by atoms with Crippen LogP contribution in [-0.2, 0) is 9.59 Å². The Bertz CT molecular complexity index is 371. The Kier molecular flexibility index (Phi) is 3.45. The number of ether oxygens (including phenoxy) is 1. The standard InChI is InChI=1S/C6H4O.C4H4O4/c1-2-4-6-5(3-1)7-6;5-3(6)1-2-4(7)8/h1-4H;1-2H,(H,5,6)(H,7,8)/b;2-1-. The first-order valence-electron chi connectivity index (χ1n) is 4.00. The van der Waals surface area contributed by atoms with Crippen molar-refractivity contribution in [2.45, 2.75) is 0 Å². The van der Waals surface area contributed by atoms with Gasteiger partial charge in [0.15, 0.2) is 11.5 Å². The predicted molar refractivity (Wildman–Crippen MR) is 50.9 cm³/mol. The van der Waals surface area contributed by atoms with Crippen LogP contribution in [0.2, 0.25) is 0 Å². The molecule has 1 aromatic rings. The molecule has 2 N–H and O–H groups in total. The summed E-state index contributed by atoms with van der Waals surface area (Å²) in [6.45, 7) is 0. The Labute approximate surface area is 85.2 Å². The third kappa shape index (κ3) is 4.47. The molecule has 0 spiro atoms. The van der Waals surface area contributed by atoms with Gasteiger partial charge < -0.3 is 14.9 Å². The molecule has 78 valence electrons. The molecule has 2 rings (SSSR count). The minimum atomic E-state index is -1.26. The smallest absolute Gasteiger partial charge is 0.328 e. The summed E-state index contributed by atoms with van der Waals surface area (Å²) >= 11 is 0. The second-order valence-electron chi connectivity index (χ2n) is 2.56. The summed E-state index contributed by atoms with van der Waals surface area (Å²) in [4.78, 5) is 19.1. The molecule has 0 saturated heterocycles. The highest BCUT2D eigenvalue weighted by molar-refractivity contribution is 5.89. The van der Waals surface area contributed by atoms with Crippen molar-refractivity contribution in [1.82, 2.24) is 0 Å². The highest BCUT2D eigenvalue weighted by Crippen LogP contribution is 2.43.